The van der Waals surface area contributed by atoms with Crippen molar-refractivity contribution in [3.05, 3.63) is 59.4 Å². The number of aromatic nitrogens is 1. The largest absolute Gasteiger partial charge is 0.354 e. The Morgan fingerprint density at radius 3 is 2.80 bits per heavy atom. The minimum atomic E-state index is -0.262. The standard InChI is InChI=1S/C23H23FN4O2/c1-14-18-12-15(13-25-21(29)10-7-16-8-11-22(30)28-27-16)6-9-20(18)26-23(14)17-4-2-3-5-19(17)24/h2-6,9,12,26H,7-8,10-11,13H2,1H3,(H,25,29)(H,28,30). The van der Waals surface area contributed by atoms with Gasteiger partial charge in [-0.05, 0) is 55.2 Å². The van der Waals surface area contributed by atoms with Gasteiger partial charge in [-0.3, -0.25) is 9.59 Å². The van der Waals surface area contributed by atoms with Crippen LogP contribution in [0.25, 0.3) is 22.2 Å². The van der Waals surface area contributed by atoms with Gasteiger partial charge in [-0.25, -0.2) is 9.82 Å². The van der Waals surface area contributed by atoms with Gasteiger partial charge in [0.05, 0.1) is 5.69 Å². The number of hydrazone groups is 1. The second-order valence-corrected chi connectivity index (χ2v) is 7.47. The number of H-pyrrole nitrogens is 1. The maximum Gasteiger partial charge on any atom is 0.240 e. The van der Waals surface area contributed by atoms with Crippen molar-refractivity contribution >= 4 is 28.4 Å². The summed E-state index contributed by atoms with van der Waals surface area (Å²) in [5.74, 6) is -0.411. The Morgan fingerprint density at radius 2 is 2.03 bits per heavy atom. The topological polar surface area (TPSA) is 86.3 Å². The first-order chi connectivity index (χ1) is 14.5. The fourth-order valence-electron chi connectivity index (χ4n) is 3.66. The van der Waals surface area contributed by atoms with Gasteiger partial charge in [0.1, 0.15) is 5.82 Å². The summed E-state index contributed by atoms with van der Waals surface area (Å²) in [6.45, 7) is 2.38. The van der Waals surface area contributed by atoms with Crippen LogP contribution in [-0.2, 0) is 16.1 Å². The molecule has 2 aromatic carbocycles. The molecule has 3 N–H and O–H groups in total. The first kappa shape index (κ1) is 19.8. The van der Waals surface area contributed by atoms with Crippen LogP contribution in [0.15, 0.2) is 47.6 Å². The average molecular weight is 406 g/mol. The monoisotopic (exact) mass is 406 g/mol. The summed E-state index contributed by atoms with van der Waals surface area (Å²) in [6, 6.07) is 12.6. The van der Waals surface area contributed by atoms with Gasteiger partial charge in [-0.2, -0.15) is 5.10 Å². The summed E-state index contributed by atoms with van der Waals surface area (Å²) in [7, 11) is 0. The molecule has 2 heterocycles. The van der Waals surface area contributed by atoms with E-state index in [0.29, 0.717) is 37.8 Å². The third-order valence-corrected chi connectivity index (χ3v) is 5.38. The van der Waals surface area contributed by atoms with Crippen LogP contribution in [0.2, 0.25) is 0 Å². The Morgan fingerprint density at radius 1 is 1.20 bits per heavy atom. The molecule has 2 amide bonds. The number of carbonyl (C=O) groups excluding carboxylic acids is 2. The molecule has 0 unspecified atom stereocenters. The molecular formula is C23H23FN4O2. The molecule has 1 aliphatic heterocycles. The number of nitrogens with zero attached hydrogens (tertiary/aromatic N) is 1. The lowest BCUT2D eigenvalue weighted by atomic mass is 10.0. The van der Waals surface area contributed by atoms with E-state index in [1.807, 2.05) is 31.2 Å². The molecule has 0 saturated carbocycles. The normalized spacial score (nSPS) is 13.8. The molecule has 1 aromatic heterocycles. The van der Waals surface area contributed by atoms with Crippen LogP contribution >= 0.6 is 0 Å². The van der Waals surface area contributed by atoms with E-state index >= 15 is 0 Å². The second kappa shape index (κ2) is 8.49. The molecule has 4 rings (SSSR count). The highest BCUT2D eigenvalue weighted by atomic mass is 19.1. The van der Waals surface area contributed by atoms with E-state index in [-0.39, 0.29) is 17.6 Å². The summed E-state index contributed by atoms with van der Waals surface area (Å²) in [5, 5.41) is 7.92. The molecule has 0 aliphatic carbocycles. The van der Waals surface area contributed by atoms with Gasteiger partial charge < -0.3 is 10.3 Å². The lowest BCUT2D eigenvalue weighted by molar-refractivity contribution is -0.121. The number of halogens is 1. The van der Waals surface area contributed by atoms with Crippen molar-refractivity contribution in [3.63, 3.8) is 0 Å². The predicted molar refractivity (Wildman–Crippen MR) is 114 cm³/mol. The van der Waals surface area contributed by atoms with Gasteiger partial charge >= 0.3 is 0 Å². The average Bonchev–Trinajstić information content (AvgIpc) is 3.08. The summed E-state index contributed by atoms with van der Waals surface area (Å²) >= 11 is 0. The Kier molecular flexibility index (Phi) is 5.61. The number of aromatic amines is 1. The second-order valence-electron chi connectivity index (χ2n) is 7.47. The lowest BCUT2D eigenvalue weighted by Gasteiger charge is -2.11. The molecule has 30 heavy (non-hydrogen) atoms. The zero-order chi connectivity index (χ0) is 21.1. The number of aryl methyl sites for hydroxylation is 1. The Hall–Kier alpha value is -3.48. The maximum atomic E-state index is 14.2. The number of fused-ring (bicyclic) bond motifs is 1. The van der Waals surface area contributed by atoms with Crippen molar-refractivity contribution in [2.24, 2.45) is 5.10 Å². The van der Waals surface area contributed by atoms with Crippen LogP contribution in [0.3, 0.4) is 0 Å². The molecule has 154 valence electrons. The highest BCUT2D eigenvalue weighted by Gasteiger charge is 2.14. The molecule has 0 spiro atoms. The Labute approximate surface area is 173 Å². The van der Waals surface area contributed by atoms with Crippen LogP contribution in [-0.4, -0.2) is 22.5 Å². The van der Waals surface area contributed by atoms with Crippen molar-refractivity contribution in [2.45, 2.75) is 39.2 Å². The van der Waals surface area contributed by atoms with E-state index in [1.165, 1.54) is 6.07 Å². The third-order valence-electron chi connectivity index (χ3n) is 5.38. The number of carbonyl (C=O) groups is 2. The molecule has 0 bridgehead atoms. The van der Waals surface area contributed by atoms with Crippen molar-refractivity contribution in [2.75, 3.05) is 0 Å². The number of benzene rings is 2. The van der Waals surface area contributed by atoms with Crippen LogP contribution in [0.4, 0.5) is 4.39 Å². The van der Waals surface area contributed by atoms with Crippen LogP contribution < -0.4 is 10.7 Å². The fraction of sp³-hybridized carbons (Fsp3) is 0.261. The summed E-state index contributed by atoms with van der Waals surface area (Å²) < 4.78 is 14.2. The van der Waals surface area contributed by atoms with Crippen molar-refractivity contribution in [1.29, 1.82) is 0 Å². The van der Waals surface area contributed by atoms with Gasteiger partial charge in [0.2, 0.25) is 11.8 Å². The van der Waals surface area contributed by atoms with Gasteiger partial charge in [-0.15, -0.1) is 0 Å². The zero-order valence-corrected chi connectivity index (χ0v) is 16.7. The van der Waals surface area contributed by atoms with Crippen LogP contribution in [0, 0.1) is 12.7 Å². The molecule has 7 heteroatoms. The predicted octanol–water partition coefficient (Wildman–Crippen LogP) is 3.94. The number of nitrogens with one attached hydrogen (secondary N) is 3. The molecule has 0 saturated heterocycles. The molecular weight excluding hydrogens is 383 g/mol. The van der Waals surface area contributed by atoms with Crippen LogP contribution in [0.1, 0.15) is 36.8 Å². The molecule has 3 aromatic rings. The molecule has 0 fully saturated rings. The quantitative estimate of drug-likeness (QED) is 0.579. The number of amides is 2. The van der Waals surface area contributed by atoms with Gasteiger partial charge in [0.25, 0.3) is 0 Å². The van der Waals surface area contributed by atoms with E-state index in [4.69, 9.17) is 0 Å². The summed E-state index contributed by atoms with van der Waals surface area (Å²) in [5.41, 5.74) is 7.47. The maximum absolute atomic E-state index is 14.2. The first-order valence-corrected chi connectivity index (χ1v) is 9.98. The number of hydrogen-bond donors (Lipinski definition) is 3. The zero-order valence-electron chi connectivity index (χ0n) is 16.7. The van der Waals surface area contributed by atoms with Crippen molar-refractivity contribution in [3.8, 4) is 11.3 Å². The summed E-state index contributed by atoms with van der Waals surface area (Å²) in [4.78, 5) is 26.6. The van der Waals surface area contributed by atoms with Crippen molar-refractivity contribution in [1.82, 2.24) is 15.7 Å². The van der Waals surface area contributed by atoms with E-state index < -0.39 is 0 Å². The summed E-state index contributed by atoms with van der Waals surface area (Å²) in [6.07, 6.45) is 1.89. The van der Waals surface area contributed by atoms with Gasteiger partial charge in [-0.1, -0.05) is 18.2 Å². The van der Waals surface area contributed by atoms with E-state index in [0.717, 1.165) is 33.4 Å². The lowest BCUT2D eigenvalue weighted by Crippen LogP contribution is -2.27. The van der Waals surface area contributed by atoms with Gasteiger partial charge in [0.15, 0.2) is 0 Å². The molecule has 1 aliphatic rings. The molecule has 6 nitrogen and oxygen atoms in total. The highest BCUT2D eigenvalue weighted by Crippen LogP contribution is 2.31. The SMILES string of the molecule is Cc1c(-c2ccccc2F)[nH]c2ccc(CNC(=O)CCC3=NNC(=O)CC3)cc12. The fourth-order valence-corrected chi connectivity index (χ4v) is 3.66. The molecule has 0 atom stereocenters. The van der Waals surface area contributed by atoms with E-state index in [1.54, 1.807) is 12.1 Å². The van der Waals surface area contributed by atoms with E-state index in [2.05, 4.69) is 20.8 Å². The number of hydrogen-bond acceptors (Lipinski definition) is 3. The number of rotatable bonds is 6. The van der Waals surface area contributed by atoms with Crippen molar-refractivity contribution < 1.29 is 14.0 Å². The first-order valence-electron chi connectivity index (χ1n) is 9.98. The minimum Gasteiger partial charge on any atom is -0.354 e. The van der Waals surface area contributed by atoms with Crippen LogP contribution in [0.5, 0.6) is 0 Å². The third kappa shape index (κ3) is 4.25. The van der Waals surface area contributed by atoms with E-state index in [9.17, 15) is 14.0 Å². The van der Waals surface area contributed by atoms with Gasteiger partial charge in [0, 0.05) is 41.6 Å². The minimum absolute atomic E-state index is 0.0625. The Bertz CT molecular complexity index is 1150. The Balaban J connectivity index is 1.41. The smallest absolute Gasteiger partial charge is 0.240 e. The highest BCUT2D eigenvalue weighted by molar-refractivity contribution is 5.94. The molecule has 0 radical (unpaired) electrons.